The van der Waals surface area contributed by atoms with Crippen LogP contribution >= 0.6 is 11.3 Å². The molecule has 1 N–H and O–H groups in total. The summed E-state index contributed by atoms with van der Waals surface area (Å²) in [4.78, 5) is 28.8. The van der Waals surface area contributed by atoms with E-state index in [1.807, 2.05) is 35.0 Å². The maximum absolute atomic E-state index is 12.4. The van der Waals surface area contributed by atoms with Gasteiger partial charge in [-0.25, -0.2) is 9.78 Å². The van der Waals surface area contributed by atoms with E-state index in [9.17, 15) is 9.59 Å². The molecule has 0 spiro atoms. The van der Waals surface area contributed by atoms with Crippen LogP contribution in [0.3, 0.4) is 0 Å². The molecule has 0 atom stereocenters. The Morgan fingerprint density at radius 2 is 2.12 bits per heavy atom. The highest BCUT2D eigenvalue weighted by Crippen LogP contribution is 2.24. The molecule has 1 aromatic carbocycles. The summed E-state index contributed by atoms with van der Waals surface area (Å²) in [5.74, 6) is 0.125. The van der Waals surface area contributed by atoms with Gasteiger partial charge in [0, 0.05) is 17.1 Å². The van der Waals surface area contributed by atoms with E-state index < -0.39 is 5.97 Å². The lowest BCUT2D eigenvalue weighted by atomic mass is 10.2. The molecule has 0 aliphatic heterocycles. The number of esters is 1. The number of rotatable bonds is 6. The standard InChI is InChI=1S/C18H19N3O4S/c1-4-25-17(23)16-11(2)19-18(26-16)20-15(22)10-21-8-7-12-9-13(24-3)5-6-14(12)21/h5-9H,4,10H2,1-3H3,(H,19,20,22). The lowest BCUT2D eigenvalue weighted by molar-refractivity contribution is -0.116. The molecule has 0 unspecified atom stereocenters. The molecule has 0 saturated carbocycles. The molecule has 2 heterocycles. The molecule has 3 aromatic rings. The van der Waals surface area contributed by atoms with E-state index in [0.29, 0.717) is 22.3 Å². The van der Waals surface area contributed by atoms with Crippen LogP contribution in [0.15, 0.2) is 30.5 Å². The largest absolute Gasteiger partial charge is 0.497 e. The molecule has 26 heavy (non-hydrogen) atoms. The quantitative estimate of drug-likeness (QED) is 0.671. The minimum absolute atomic E-state index is 0.142. The molecule has 3 rings (SSSR count). The van der Waals surface area contributed by atoms with Gasteiger partial charge in [0.1, 0.15) is 17.2 Å². The minimum Gasteiger partial charge on any atom is -0.497 e. The van der Waals surface area contributed by atoms with Crippen LogP contribution in [0.5, 0.6) is 5.75 Å². The summed E-state index contributed by atoms with van der Waals surface area (Å²) in [5.41, 5.74) is 1.48. The van der Waals surface area contributed by atoms with Crippen molar-refractivity contribution in [1.82, 2.24) is 9.55 Å². The normalized spacial score (nSPS) is 10.7. The Labute approximate surface area is 154 Å². The number of aryl methyl sites for hydroxylation is 1. The first-order chi connectivity index (χ1) is 12.5. The molecule has 0 saturated heterocycles. The first-order valence-electron chi connectivity index (χ1n) is 8.09. The van der Waals surface area contributed by atoms with Gasteiger partial charge >= 0.3 is 5.97 Å². The van der Waals surface area contributed by atoms with E-state index >= 15 is 0 Å². The lowest BCUT2D eigenvalue weighted by Crippen LogP contribution is -2.18. The van der Waals surface area contributed by atoms with Crippen molar-refractivity contribution in [2.24, 2.45) is 0 Å². The van der Waals surface area contributed by atoms with Crippen molar-refractivity contribution in [1.29, 1.82) is 0 Å². The monoisotopic (exact) mass is 373 g/mol. The Kier molecular flexibility index (Phi) is 5.22. The first-order valence-corrected chi connectivity index (χ1v) is 8.90. The lowest BCUT2D eigenvalue weighted by Gasteiger charge is -2.06. The Bertz CT molecular complexity index is 961. The number of nitrogens with zero attached hydrogens (tertiary/aromatic N) is 2. The van der Waals surface area contributed by atoms with E-state index in [0.717, 1.165) is 28.0 Å². The van der Waals surface area contributed by atoms with Crippen LogP contribution < -0.4 is 10.1 Å². The van der Waals surface area contributed by atoms with E-state index in [1.54, 1.807) is 21.0 Å². The van der Waals surface area contributed by atoms with Crippen molar-refractivity contribution in [3.63, 3.8) is 0 Å². The number of carbonyl (C=O) groups excluding carboxylic acids is 2. The summed E-state index contributed by atoms with van der Waals surface area (Å²) in [6, 6.07) is 7.61. The number of ether oxygens (including phenoxy) is 2. The average Bonchev–Trinajstić information content (AvgIpc) is 3.18. The third kappa shape index (κ3) is 3.70. The molecule has 8 heteroatoms. The number of hydrogen-bond donors (Lipinski definition) is 1. The van der Waals surface area contributed by atoms with Crippen molar-refractivity contribution in [2.75, 3.05) is 19.0 Å². The topological polar surface area (TPSA) is 82.5 Å². The highest BCUT2D eigenvalue weighted by atomic mass is 32.1. The summed E-state index contributed by atoms with van der Waals surface area (Å²) in [7, 11) is 1.62. The fourth-order valence-electron chi connectivity index (χ4n) is 2.59. The van der Waals surface area contributed by atoms with E-state index in [1.165, 1.54) is 0 Å². The number of amides is 1. The number of fused-ring (bicyclic) bond motifs is 1. The van der Waals surface area contributed by atoms with Crippen LogP contribution in [0.1, 0.15) is 22.3 Å². The Morgan fingerprint density at radius 3 is 2.85 bits per heavy atom. The second-order valence-corrected chi connectivity index (χ2v) is 6.57. The molecule has 2 aromatic heterocycles. The molecule has 0 aliphatic rings. The van der Waals surface area contributed by atoms with Crippen LogP contribution in [0.25, 0.3) is 10.9 Å². The fraction of sp³-hybridized carbons (Fsp3) is 0.278. The molecule has 0 aliphatic carbocycles. The number of benzene rings is 1. The van der Waals surface area contributed by atoms with Gasteiger partial charge in [-0.15, -0.1) is 0 Å². The van der Waals surface area contributed by atoms with Gasteiger partial charge in [-0.05, 0) is 38.1 Å². The van der Waals surface area contributed by atoms with Gasteiger partial charge in [0.15, 0.2) is 5.13 Å². The molecule has 1 amide bonds. The summed E-state index contributed by atoms with van der Waals surface area (Å²) >= 11 is 1.11. The third-order valence-electron chi connectivity index (χ3n) is 3.80. The zero-order valence-corrected chi connectivity index (χ0v) is 15.6. The number of aromatic nitrogens is 2. The molecule has 0 bridgehead atoms. The van der Waals surface area contributed by atoms with E-state index in [-0.39, 0.29) is 12.5 Å². The molecule has 0 fully saturated rings. The Balaban J connectivity index is 1.71. The number of thiazole rings is 1. The van der Waals surface area contributed by atoms with Crippen LogP contribution in [0.4, 0.5) is 5.13 Å². The molecule has 0 radical (unpaired) electrons. The SMILES string of the molecule is CCOC(=O)c1sc(NC(=O)Cn2ccc3cc(OC)ccc32)nc1C. The van der Waals surface area contributed by atoms with Crippen molar-refractivity contribution in [3.05, 3.63) is 41.0 Å². The van der Waals surface area contributed by atoms with Gasteiger partial charge in [0.25, 0.3) is 0 Å². The second kappa shape index (κ2) is 7.57. The summed E-state index contributed by atoms with van der Waals surface area (Å²) < 4.78 is 12.0. The van der Waals surface area contributed by atoms with Crippen molar-refractivity contribution in [2.45, 2.75) is 20.4 Å². The zero-order chi connectivity index (χ0) is 18.7. The van der Waals surface area contributed by atoms with Gasteiger partial charge < -0.3 is 19.4 Å². The van der Waals surface area contributed by atoms with E-state index in [2.05, 4.69) is 10.3 Å². The van der Waals surface area contributed by atoms with Gasteiger partial charge in [0.2, 0.25) is 5.91 Å². The maximum Gasteiger partial charge on any atom is 0.350 e. The smallest absolute Gasteiger partial charge is 0.350 e. The number of nitrogens with one attached hydrogen (secondary N) is 1. The van der Waals surface area contributed by atoms with Crippen LogP contribution in [0, 0.1) is 6.92 Å². The Morgan fingerprint density at radius 1 is 1.31 bits per heavy atom. The van der Waals surface area contributed by atoms with E-state index in [4.69, 9.17) is 9.47 Å². The summed E-state index contributed by atoms with van der Waals surface area (Å²) in [6.07, 6.45) is 1.85. The third-order valence-corrected chi connectivity index (χ3v) is 4.85. The summed E-state index contributed by atoms with van der Waals surface area (Å²) in [5, 5.41) is 4.12. The van der Waals surface area contributed by atoms with Gasteiger partial charge in [-0.1, -0.05) is 11.3 Å². The second-order valence-electron chi connectivity index (χ2n) is 5.57. The zero-order valence-electron chi connectivity index (χ0n) is 14.7. The van der Waals surface area contributed by atoms with Gasteiger partial charge in [-0.2, -0.15) is 0 Å². The van der Waals surface area contributed by atoms with Crippen molar-refractivity contribution >= 4 is 39.2 Å². The molecular weight excluding hydrogens is 354 g/mol. The Hall–Kier alpha value is -2.87. The summed E-state index contributed by atoms with van der Waals surface area (Å²) in [6.45, 7) is 3.89. The van der Waals surface area contributed by atoms with Gasteiger partial charge in [-0.3, -0.25) is 4.79 Å². The average molecular weight is 373 g/mol. The van der Waals surface area contributed by atoms with Crippen molar-refractivity contribution < 1.29 is 19.1 Å². The molecule has 136 valence electrons. The number of hydrogen-bond acceptors (Lipinski definition) is 6. The minimum atomic E-state index is -0.423. The number of methoxy groups -OCH3 is 1. The first kappa shape index (κ1) is 17.9. The molecule has 7 nitrogen and oxygen atoms in total. The number of anilines is 1. The highest BCUT2D eigenvalue weighted by Gasteiger charge is 2.17. The highest BCUT2D eigenvalue weighted by molar-refractivity contribution is 7.17. The van der Waals surface area contributed by atoms with Crippen molar-refractivity contribution in [3.8, 4) is 5.75 Å². The molecular formula is C18H19N3O4S. The number of carbonyl (C=O) groups is 2. The van der Waals surface area contributed by atoms with Crippen LogP contribution in [-0.2, 0) is 16.1 Å². The van der Waals surface area contributed by atoms with Gasteiger partial charge in [0.05, 0.1) is 19.4 Å². The predicted octanol–water partition coefficient (Wildman–Crippen LogP) is 3.23. The maximum atomic E-state index is 12.4. The van der Waals surface area contributed by atoms with Crippen LogP contribution in [-0.4, -0.2) is 35.1 Å². The fourth-order valence-corrected chi connectivity index (χ4v) is 3.47. The predicted molar refractivity (Wildman–Crippen MR) is 99.9 cm³/mol. The van der Waals surface area contributed by atoms with Crippen LogP contribution in [0.2, 0.25) is 0 Å².